The summed E-state index contributed by atoms with van der Waals surface area (Å²) < 4.78 is 16.5. The van der Waals surface area contributed by atoms with Gasteiger partial charge in [-0.15, -0.1) is 0 Å². The molecule has 0 aromatic heterocycles. The maximum absolute atomic E-state index is 12.6. The summed E-state index contributed by atoms with van der Waals surface area (Å²) in [5, 5.41) is 8.95. The summed E-state index contributed by atoms with van der Waals surface area (Å²) in [6, 6.07) is -0.650. The Balaban J connectivity index is 4.03. The van der Waals surface area contributed by atoms with Crippen LogP contribution in [0.1, 0.15) is 68.7 Å². The molecule has 0 aliphatic carbocycles. The quantitative estimate of drug-likeness (QED) is 0.326. The average molecular weight is 460 g/mol. The molecule has 0 saturated heterocycles. The first-order valence-electron chi connectivity index (χ1n) is 11.7. The molecule has 1 unspecified atom stereocenters. The minimum Gasteiger partial charge on any atom is -0.379 e. The molecule has 1 atom stereocenters. The predicted octanol–water partition coefficient (Wildman–Crippen LogP) is 2.51. The highest BCUT2D eigenvalue weighted by atomic mass is 16.5. The molecule has 0 spiro atoms. The van der Waals surface area contributed by atoms with Gasteiger partial charge in [0.2, 0.25) is 11.8 Å². The van der Waals surface area contributed by atoms with Gasteiger partial charge < -0.3 is 30.2 Å². The molecule has 32 heavy (non-hydrogen) atoms. The van der Waals surface area contributed by atoms with Crippen LogP contribution in [0.15, 0.2) is 0 Å². The molecule has 0 aliphatic rings. The molecule has 2 amide bonds. The van der Waals surface area contributed by atoms with Crippen molar-refractivity contribution in [1.29, 1.82) is 0 Å². The summed E-state index contributed by atoms with van der Waals surface area (Å²) in [5.74, 6) is -0.393. The summed E-state index contributed by atoms with van der Waals surface area (Å²) in [6.07, 6.45) is 1.02. The van der Waals surface area contributed by atoms with Crippen molar-refractivity contribution in [2.45, 2.75) is 80.3 Å². The SMILES string of the molecule is CC(C)(C)CCOCCOCCOCCNC(=O)C(CNC(C)(C)C)NC(=O)C(C)(C)C. The fourth-order valence-corrected chi connectivity index (χ4v) is 2.28. The standard InChI is InChI=1S/C24H49N3O5/c1-22(2,3)10-12-30-14-16-32-17-15-31-13-11-25-20(28)19(18-26-24(7,8)9)27-21(29)23(4,5)6/h19,26H,10-18H2,1-9H3,(H,25,28)(H,27,29). The number of hydrogen-bond acceptors (Lipinski definition) is 6. The third kappa shape index (κ3) is 18.4. The summed E-state index contributed by atoms with van der Waals surface area (Å²) in [5.41, 5.74) is -0.446. The summed E-state index contributed by atoms with van der Waals surface area (Å²) in [6.45, 7) is 22.0. The van der Waals surface area contributed by atoms with Gasteiger partial charge in [-0.25, -0.2) is 0 Å². The molecule has 0 heterocycles. The molecule has 8 heteroatoms. The monoisotopic (exact) mass is 459 g/mol. The lowest BCUT2D eigenvalue weighted by Crippen LogP contribution is -2.56. The van der Waals surface area contributed by atoms with Crippen molar-refractivity contribution < 1.29 is 23.8 Å². The molecule has 0 radical (unpaired) electrons. The Morgan fingerprint density at radius 2 is 1.25 bits per heavy atom. The minimum atomic E-state index is -0.650. The third-order valence-corrected chi connectivity index (χ3v) is 4.43. The van der Waals surface area contributed by atoms with E-state index < -0.39 is 11.5 Å². The van der Waals surface area contributed by atoms with Gasteiger partial charge in [0, 0.05) is 30.7 Å². The van der Waals surface area contributed by atoms with Crippen LogP contribution in [0, 0.1) is 10.8 Å². The van der Waals surface area contributed by atoms with Gasteiger partial charge in [0.15, 0.2) is 0 Å². The molecule has 0 fully saturated rings. The van der Waals surface area contributed by atoms with Gasteiger partial charge in [0.05, 0.1) is 33.0 Å². The first kappa shape index (κ1) is 30.8. The highest BCUT2D eigenvalue weighted by Gasteiger charge is 2.28. The van der Waals surface area contributed by atoms with E-state index in [0.29, 0.717) is 46.1 Å². The van der Waals surface area contributed by atoms with Crippen molar-refractivity contribution in [2.75, 3.05) is 52.7 Å². The lowest BCUT2D eigenvalue weighted by molar-refractivity contribution is -0.133. The van der Waals surface area contributed by atoms with Crippen molar-refractivity contribution in [2.24, 2.45) is 10.8 Å². The molecule has 0 aliphatic heterocycles. The summed E-state index contributed by atoms with van der Waals surface area (Å²) >= 11 is 0. The van der Waals surface area contributed by atoms with Crippen molar-refractivity contribution in [3.05, 3.63) is 0 Å². The van der Waals surface area contributed by atoms with E-state index in [4.69, 9.17) is 14.2 Å². The Morgan fingerprint density at radius 3 is 1.72 bits per heavy atom. The van der Waals surface area contributed by atoms with Crippen molar-refractivity contribution in [3.8, 4) is 0 Å². The van der Waals surface area contributed by atoms with Gasteiger partial charge >= 0.3 is 0 Å². The van der Waals surface area contributed by atoms with E-state index in [1.807, 2.05) is 41.5 Å². The van der Waals surface area contributed by atoms with Crippen molar-refractivity contribution in [3.63, 3.8) is 0 Å². The summed E-state index contributed by atoms with van der Waals surface area (Å²) in [7, 11) is 0. The number of amides is 2. The summed E-state index contributed by atoms with van der Waals surface area (Å²) in [4.78, 5) is 24.9. The first-order chi connectivity index (χ1) is 14.6. The predicted molar refractivity (Wildman–Crippen MR) is 129 cm³/mol. The molecule has 0 aromatic rings. The van der Waals surface area contributed by atoms with Crippen molar-refractivity contribution in [1.82, 2.24) is 16.0 Å². The van der Waals surface area contributed by atoms with Gasteiger partial charge in [-0.2, -0.15) is 0 Å². The van der Waals surface area contributed by atoms with Crippen LogP contribution in [0.3, 0.4) is 0 Å². The van der Waals surface area contributed by atoms with Crippen LogP contribution < -0.4 is 16.0 Å². The van der Waals surface area contributed by atoms with E-state index in [0.717, 1.165) is 13.0 Å². The Morgan fingerprint density at radius 1 is 0.750 bits per heavy atom. The second kappa shape index (κ2) is 14.8. The Hall–Kier alpha value is -1.22. The first-order valence-corrected chi connectivity index (χ1v) is 11.7. The maximum atomic E-state index is 12.6. The van der Waals surface area contributed by atoms with Gasteiger partial charge in [-0.1, -0.05) is 41.5 Å². The fourth-order valence-electron chi connectivity index (χ4n) is 2.28. The van der Waals surface area contributed by atoms with E-state index in [1.165, 1.54) is 0 Å². The molecule has 0 rings (SSSR count). The largest absolute Gasteiger partial charge is 0.379 e. The van der Waals surface area contributed by atoms with Crippen LogP contribution >= 0.6 is 0 Å². The van der Waals surface area contributed by atoms with E-state index in [2.05, 4.69) is 36.7 Å². The maximum Gasteiger partial charge on any atom is 0.243 e. The van der Waals surface area contributed by atoms with Crippen LogP contribution in [0.25, 0.3) is 0 Å². The second-order valence-electron chi connectivity index (χ2n) is 11.3. The number of carbonyl (C=O) groups excluding carboxylic acids is 2. The van der Waals surface area contributed by atoms with E-state index >= 15 is 0 Å². The lowest BCUT2D eigenvalue weighted by Gasteiger charge is -2.27. The van der Waals surface area contributed by atoms with E-state index in [1.54, 1.807) is 0 Å². The Labute approximate surface area is 195 Å². The van der Waals surface area contributed by atoms with Crippen LogP contribution in [-0.4, -0.2) is 76.1 Å². The van der Waals surface area contributed by atoms with Crippen molar-refractivity contribution >= 4 is 11.8 Å². The highest BCUT2D eigenvalue weighted by Crippen LogP contribution is 2.17. The number of hydrogen-bond donors (Lipinski definition) is 3. The van der Waals surface area contributed by atoms with Gasteiger partial charge in [0.25, 0.3) is 0 Å². The molecule has 0 aromatic carbocycles. The number of nitrogens with one attached hydrogen (secondary N) is 3. The third-order valence-electron chi connectivity index (χ3n) is 4.43. The topological polar surface area (TPSA) is 97.9 Å². The van der Waals surface area contributed by atoms with Crippen LogP contribution in [0.2, 0.25) is 0 Å². The molecular formula is C24H49N3O5. The molecule has 0 saturated carbocycles. The zero-order chi connectivity index (χ0) is 24.8. The number of ether oxygens (including phenoxy) is 3. The molecule has 190 valence electrons. The molecule has 3 N–H and O–H groups in total. The zero-order valence-corrected chi connectivity index (χ0v) is 22.0. The number of carbonyl (C=O) groups is 2. The second-order valence-corrected chi connectivity index (χ2v) is 11.3. The Bertz CT molecular complexity index is 533. The lowest BCUT2D eigenvalue weighted by atomic mass is 9.93. The van der Waals surface area contributed by atoms with Crippen LogP contribution in [0.5, 0.6) is 0 Å². The molecule has 8 nitrogen and oxygen atoms in total. The fraction of sp³-hybridized carbons (Fsp3) is 0.917. The normalized spacial score (nSPS) is 13.7. The van der Waals surface area contributed by atoms with Gasteiger partial charge in [-0.3, -0.25) is 9.59 Å². The highest BCUT2D eigenvalue weighted by molar-refractivity contribution is 5.89. The molecule has 0 bridgehead atoms. The van der Waals surface area contributed by atoms with Gasteiger partial charge in [0.1, 0.15) is 6.04 Å². The van der Waals surface area contributed by atoms with Crippen LogP contribution in [0.4, 0.5) is 0 Å². The van der Waals surface area contributed by atoms with E-state index in [9.17, 15) is 9.59 Å². The Kier molecular flexibility index (Phi) is 14.3. The molecular weight excluding hydrogens is 410 g/mol. The average Bonchev–Trinajstić information content (AvgIpc) is 2.63. The number of rotatable bonds is 15. The smallest absolute Gasteiger partial charge is 0.243 e. The van der Waals surface area contributed by atoms with E-state index in [-0.39, 0.29) is 22.8 Å². The zero-order valence-electron chi connectivity index (χ0n) is 22.0. The van der Waals surface area contributed by atoms with Crippen LogP contribution in [-0.2, 0) is 23.8 Å². The van der Waals surface area contributed by atoms with Gasteiger partial charge in [-0.05, 0) is 32.6 Å². The minimum absolute atomic E-state index is 0.161.